The van der Waals surface area contributed by atoms with Gasteiger partial charge in [-0.3, -0.25) is 9.69 Å². The molecule has 2 amide bonds. The van der Waals surface area contributed by atoms with Gasteiger partial charge in [-0.15, -0.1) is 0 Å². The number of nitrogens with zero attached hydrogens (tertiary/aromatic N) is 2. The summed E-state index contributed by atoms with van der Waals surface area (Å²) in [7, 11) is 0. The van der Waals surface area contributed by atoms with E-state index in [2.05, 4.69) is 4.90 Å². The van der Waals surface area contributed by atoms with Crippen LogP contribution in [0.1, 0.15) is 12.0 Å². The van der Waals surface area contributed by atoms with Gasteiger partial charge in [0, 0.05) is 13.1 Å². The molecule has 2 aliphatic heterocycles. The number of carbonyl (C=O) groups excluding carboxylic acids is 2. The Kier molecular flexibility index (Phi) is 3.69. The third-order valence-corrected chi connectivity index (χ3v) is 3.90. The molecule has 0 saturated carbocycles. The molecule has 0 aliphatic carbocycles. The molecule has 2 saturated heterocycles. The number of imide groups is 1. The number of fused-ring (bicyclic) bond motifs is 2. The van der Waals surface area contributed by atoms with Crippen LogP contribution in [0.15, 0.2) is 30.3 Å². The fourth-order valence-electron chi connectivity index (χ4n) is 2.82. The van der Waals surface area contributed by atoms with Crippen LogP contribution in [-0.2, 0) is 16.1 Å². The third kappa shape index (κ3) is 2.82. The maximum atomic E-state index is 12.1. The number of benzene rings is 1. The summed E-state index contributed by atoms with van der Waals surface area (Å²) in [6, 6.07) is 9.49. The van der Waals surface area contributed by atoms with Crippen molar-refractivity contribution in [2.24, 2.45) is 5.92 Å². The van der Waals surface area contributed by atoms with Crippen LogP contribution in [0.4, 0.5) is 4.79 Å². The van der Waals surface area contributed by atoms with E-state index in [1.165, 1.54) is 4.90 Å². The highest BCUT2D eigenvalue weighted by atomic mass is 16.6. The molecule has 5 nitrogen and oxygen atoms in total. The Morgan fingerprint density at radius 2 is 2.05 bits per heavy atom. The van der Waals surface area contributed by atoms with Gasteiger partial charge in [0.05, 0.1) is 6.54 Å². The van der Waals surface area contributed by atoms with Crippen molar-refractivity contribution in [3.63, 3.8) is 0 Å². The highest BCUT2D eigenvalue weighted by Crippen LogP contribution is 2.21. The summed E-state index contributed by atoms with van der Waals surface area (Å²) in [6.07, 6.45) is 0.531. The Labute approximate surface area is 118 Å². The number of carbonyl (C=O) groups is 2. The zero-order chi connectivity index (χ0) is 13.9. The van der Waals surface area contributed by atoms with Gasteiger partial charge in [0.2, 0.25) is 5.91 Å². The van der Waals surface area contributed by atoms with Crippen LogP contribution in [0, 0.1) is 5.92 Å². The van der Waals surface area contributed by atoms with Gasteiger partial charge < -0.3 is 4.74 Å². The molecule has 3 rings (SSSR count). The Morgan fingerprint density at radius 3 is 2.85 bits per heavy atom. The number of hydrogen-bond acceptors (Lipinski definition) is 4. The van der Waals surface area contributed by atoms with Crippen molar-refractivity contribution >= 4 is 12.0 Å². The lowest BCUT2D eigenvalue weighted by molar-refractivity contribution is -0.130. The number of ether oxygens (including phenoxy) is 1. The molecule has 2 bridgehead atoms. The van der Waals surface area contributed by atoms with Gasteiger partial charge in [0.25, 0.3) is 0 Å². The molecule has 0 aromatic heterocycles. The van der Waals surface area contributed by atoms with Gasteiger partial charge in [-0.1, -0.05) is 30.3 Å². The summed E-state index contributed by atoms with van der Waals surface area (Å²) in [5, 5.41) is 0. The lowest BCUT2D eigenvalue weighted by Gasteiger charge is -2.22. The van der Waals surface area contributed by atoms with Crippen LogP contribution in [0.2, 0.25) is 0 Å². The fraction of sp³-hybridized carbons (Fsp3) is 0.467. The van der Waals surface area contributed by atoms with E-state index in [-0.39, 0.29) is 12.5 Å². The highest BCUT2D eigenvalue weighted by molar-refractivity contribution is 5.93. The first-order valence-electron chi connectivity index (χ1n) is 6.96. The van der Waals surface area contributed by atoms with Crippen LogP contribution < -0.4 is 0 Å². The molecule has 2 aliphatic rings. The van der Waals surface area contributed by atoms with Crippen molar-refractivity contribution < 1.29 is 14.3 Å². The monoisotopic (exact) mass is 274 g/mol. The molecule has 2 heterocycles. The molecule has 5 heteroatoms. The molecule has 0 N–H and O–H groups in total. The van der Waals surface area contributed by atoms with E-state index < -0.39 is 6.09 Å². The van der Waals surface area contributed by atoms with Crippen molar-refractivity contribution in [3.05, 3.63) is 35.9 Å². The first kappa shape index (κ1) is 13.1. The van der Waals surface area contributed by atoms with E-state index >= 15 is 0 Å². The van der Waals surface area contributed by atoms with Crippen molar-refractivity contribution in [2.75, 3.05) is 26.2 Å². The molecule has 2 atom stereocenters. The molecule has 20 heavy (non-hydrogen) atoms. The predicted octanol–water partition coefficient (Wildman–Crippen LogP) is 1.49. The first-order chi connectivity index (χ1) is 9.72. The van der Waals surface area contributed by atoms with Crippen LogP contribution in [0.25, 0.3) is 0 Å². The van der Waals surface area contributed by atoms with Gasteiger partial charge in [0.15, 0.2) is 0 Å². The van der Waals surface area contributed by atoms with Gasteiger partial charge >= 0.3 is 6.09 Å². The lowest BCUT2D eigenvalue weighted by atomic mass is 10.1. The standard InChI is InChI=1S/C15H18N2O3/c18-14-10-16-7-6-13(8-16)9-17(14)15(19)20-11-12-4-2-1-3-5-12/h1-5,13H,6-11H2. The Balaban J connectivity index is 1.60. The maximum Gasteiger partial charge on any atom is 0.416 e. The maximum absolute atomic E-state index is 12.1. The summed E-state index contributed by atoms with van der Waals surface area (Å²) < 4.78 is 5.25. The summed E-state index contributed by atoms with van der Waals surface area (Å²) in [5.41, 5.74) is 0.924. The summed E-state index contributed by atoms with van der Waals surface area (Å²) >= 11 is 0. The molecule has 2 fully saturated rings. The van der Waals surface area contributed by atoms with E-state index in [1.54, 1.807) is 0 Å². The number of rotatable bonds is 2. The average Bonchev–Trinajstić information content (AvgIpc) is 2.82. The largest absolute Gasteiger partial charge is 0.444 e. The summed E-state index contributed by atoms with van der Waals surface area (Å²) in [5.74, 6) is 0.246. The smallest absolute Gasteiger partial charge is 0.416 e. The van der Waals surface area contributed by atoms with E-state index in [4.69, 9.17) is 4.74 Å². The second-order valence-corrected chi connectivity index (χ2v) is 5.43. The topological polar surface area (TPSA) is 49.9 Å². The van der Waals surface area contributed by atoms with Gasteiger partial charge in [-0.25, -0.2) is 9.69 Å². The highest BCUT2D eigenvalue weighted by Gasteiger charge is 2.35. The van der Waals surface area contributed by atoms with Gasteiger partial charge in [0.1, 0.15) is 6.61 Å². The minimum absolute atomic E-state index is 0.148. The molecule has 106 valence electrons. The van der Waals surface area contributed by atoms with E-state index in [9.17, 15) is 9.59 Å². The summed E-state index contributed by atoms with van der Waals surface area (Å²) in [4.78, 5) is 27.5. The minimum atomic E-state index is -0.521. The molecule has 0 radical (unpaired) electrons. The quantitative estimate of drug-likeness (QED) is 0.820. The zero-order valence-corrected chi connectivity index (χ0v) is 11.3. The van der Waals surface area contributed by atoms with E-state index in [1.807, 2.05) is 30.3 Å². The van der Waals surface area contributed by atoms with Crippen molar-refractivity contribution in [2.45, 2.75) is 13.0 Å². The molecular weight excluding hydrogens is 256 g/mol. The minimum Gasteiger partial charge on any atom is -0.444 e. The fourth-order valence-corrected chi connectivity index (χ4v) is 2.82. The Hall–Kier alpha value is -1.88. The molecule has 0 spiro atoms. The van der Waals surface area contributed by atoms with Gasteiger partial charge in [-0.05, 0) is 24.4 Å². The Bertz CT molecular complexity index is 503. The lowest BCUT2D eigenvalue weighted by Crippen LogP contribution is -2.42. The zero-order valence-electron chi connectivity index (χ0n) is 11.3. The second kappa shape index (κ2) is 5.63. The van der Waals surface area contributed by atoms with Gasteiger partial charge in [-0.2, -0.15) is 0 Å². The molecule has 1 aromatic carbocycles. The van der Waals surface area contributed by atoms with E-state index in [0.29, 0.717) is 19.0 Å². The average molecular weight is 274 g/mol. The van der Waals surface area contributed by atoms with E-state index in [0.717, 1.165) is 25.1 Å². The van der Waals surface area contributed by atoms with Crippen molar-refractivity contribution in [1.82, 2.24) is 9.80 Å². The van der Waals surface area contributed by atoms with Crippen LogP contribution in [0.5, 0.6) is 0 Å². The van der Waals surface area contributed by atoms with Crippen LogP contribution in [-0.4, -0.2) is 48.0 Å². The van der Waals surface area contributed by atoms with Crippen molar-refractivity contribution in [1.29, 1.82) is 0 Å². The number of hydrogen-bond donors (Lipinski definition) is 0. The first-order valence-corrected chi connectivity index (χ1v) is 6.96. The molecular formula is C15H18N2O3. The van der Waals surface area contributed by atoms with Crippen LogP contribution >= 0.6 is 0 Å². The van der Waals surface area contributed by atoms with Crippen molar-refractivity contribution in [3.8, 4) is 0 Å². The molecule has 2 unspecified atom stereocenters. The molecule has 1 aromatic rings. The second-order valence-electron chi connectivity index (χ2n) is 5.43. The number of amides is 2. The van der Waals surface area contributed by atoms with Crippen LogP contribution in [0.3, 0.4) is 0 Å². The Morgan fingerprint density at radius 1 is 1.25 bits per heavy atom. The normalized spacial score (nSPS) is 25.4. The predicted molar refractivity (Wildman–Crippen MR) is 72.9 cm³/mol. The SMILES string of the molecule is O=C1CN2CCC(C2)CN1C(=O)OCc1ccccc1. The third-order valence-electron chi connectivity index (χ3n) is 3.90. The summed E-state index contributed by atoms with van der Waals surface area (Å²) in [6.45, 7) is 2.90.